The van der Waals surface area contributed by atoms with E-state index in [1.807, 2.05) is 0 Å². The van der Waals surface area contributed by atoms with E-state index in [2.05, 4.69) is 13.3 Å². The maximum atomic E-state index is 4.82. The normalized spacial score (nSPS) is 9.43. The molecule has 43 valence electrons. The first-order valence-electron chi connectivity index (χ1n) is 2.68. The monoisotopic (exact) mass is 101 g/mol. The first kappa shape index (κ1) is 6.96. The van der Waals surface area contributed by atoms with Gasteiger partial charge in [-0.25, -0.2) is 0 Å². The van der Waals surface area contributed by atoms with E-state index in [1.54, 1.807) is 7.11 Å². The van der Waals surface area contributed by atoms with Gasteiger partial charge in [-0.2, -0.15) is 0 Å². The van der Waals surface area contributed by atoms with Crippen LogP contribution in [0.4, 0.5) is 0 Å². The van der Waals surface area contributed by atoms with Crippen molar-refractivity contribution in [2.75, 3.05) is 13.7 Å². The van der Waals surface area contributed by atoms with Crippen LogP contribution in [0.1, 0.15) is 19.8 Å². The first-order valence-corrected chi connectivity index (χ1v) is 2.68. The molecule has 0 aliphatic heterocycles. The molecule has 1 heteroatoms. The van der Waals surface area contributed by atoms with E-state index in [9.17, 15) is 0 Å². The van der Waals surface area contributed by atoms with Crippen LogP contribution >= 0.6 is 0 Å². The van der Waals surface area contributed by atoms with Gasteiger partial charge in [-0.05, 0) is 19.3 Å². The van der Waals surface area contributed by atoms with Crippen molar-refractivity contribution >= 4 is 0 Å². The lowest BCUT2D eigenvalue weighted by Gasteiger charge is -1.92. The Morgan fingerprint density at radius 2 is 2.29 bits per heavy atom. The molecule has 0 unspecified atom stereocenters. The van der Waals surface area contributed by atoms with Crippen molar-refractivity contribution in [2.24, 2.45) is 0 Å². The van der Waals surface area contributed by atoms with Crippen LogP contribution < -0.4 is 0 Å². The SMILES string of the molecule is C[CH]CCCOC. The zero-order valence-electron chi connectivity index (χ0n) is 5.11. The number of rotatable bonds is 4. The van der Waals surface area contributed by atoms with Crippen molar-refractivity contribution in [1.82, 2.24) is 0 Å². The van der Waals surface area contributed by atoms with Gasteiger partial charge in [0.05, 0.1) is 0 Å². The minimum absolute atomic E-state index is 0.893. The molecule has 0 atom stereocenters. The molecule has 0 spiro atoms. The van der Waals surface area contributed by atoms with E-state index < -0.39 is 0 Å². The molecule has 0 aliphatic carbocycles. The molecule has 0 heterocycles. The minimum Gasteiger partial charge on any atom is -0.385 e. The standard InChI is InChI=1S/C6H13O/c1-3-4-5-6-7-2/h3H,4-6H2,1-2H3. The van der Waals surface area contributed by atoms with Gasteiger partial charge in [0, 0.05) is 13.7 Å². The van der Waals surface area contributed by atoms with Gasteiger partial charge < -0.3 is 4.74 Å². The summed E-state index contributed by atoms with van der Waals surface area (Å²) in [6.07, 6.45) is 4.49. The largest absolute Gasteiger partial charge is 0.385 e. The zero-order valence-corrected chi connectivity index (χ0v) is 5.11. The molecule has 0 aromatic rings. The minimum atomic E-state index is 0.893. The van der Waals surface area contributed by atoms with Crippen molar-refractivity contribution in [2.45, 2.75) is 19.8 Å². The molecule has 1 radical (unpaired) electrons. The van der Waals surface area contributed by atoms with Gasteiger partial charge in [0.2, 0.25) is 0 Å². The van der Waals surface area contributed by atoms with Crippen molar-refractivity contribution in [3.8, 4) is 0 Å². The summed E-state index contributed by atoms with van der Waals surface area (Å²) in [5.41, 5.74) is 0. The lowest BCUT2D eigenvalue weighted by molar-refractivity contribution is 0.195. The van der Waals surface area contributed by atoms with Crippen LogP contribution in [0.15, 0.2) is 0 Å². The van der Waals surface area contributed by atoms with Crippen LogP contribution in [0.2, 0.25) is 0 Å². The predicted octanol–water partition coefficient (Wildman–Crippen LogP) is 1.64. The summed E-state index contributed by atoms with van der Waals surface area (Å²) in [6, 6.07) is 0. The summed E-state index contributed by atoms with van der Waals surface area (Å²) in [7, 11) is 1.73. The third-order valence-corrected chi connectivity index (χ3v) is 0.841. The number of hydrogen-bond donors (Lipinski definition) is 0. The third-order valence-electron chi connectivity index (χ3n) is 0.841. The smallest absolute Gasteiger partial charge is 0.0462 e. The second-order valence-electron chi connectivity index (χ2n) is 1.54. The Morgan fingerprint density at radius 1 is 1.57 bits per heavy atom. The number of ether oxygens (including phenoxy) is 1. The quantitative estimate of drug-likeness (QED) is 0.489. The molecule has 0 aromatic carbocycles. The molecule has 0 rings (SSSR count). The highest BCUT2D eigenvalue weighted by Gasteiger charge is 1.80. The number of hydrogen-bond acceptors (Lipinski definition) is 1. The van der Waals surface area contributed by atoms with Gasteiger partial charge in [0.15, 0.2) is 0 Å². The lowest BCUT2D eigenvalue weighted by atomic mass is 10.3. The van der Waals surface area contributed by atoms with Crippen LogP contribution in [0.5, 0.6) is 0 Å². The van der Waals surface area contributed by atoms with Gasteiger partial charge in [-0.15, -0.1) is 0 Å². The molecule has 0 saturated carbocycles. The molecule has 1 nitrogen and oxygen atoms in total. The van der Waals surface area contributed by atoms with E-state index in [4.69, 9.17) is 4.74 Å². The molecule has 0 saturated heterocycles. The van der Waals surface area contributed by atoms with Crippen LogP contribution in [0, 0.1) is 6.42 Å². The Bertz CT molecular complexity index is 23.4. The van der Waals surface area contributed by atoms with Crippen molar-refractivity contribution in [1.29, 1.82) is 0 Å². The summed E-state index contributed by atoms with van der Waals surface area (Å²) in [6.45, 7) is 2.96. The molecule has 7 heavy (non-hydrogen) atoms. The number of unbranched alkanes of at least 4 members (excludes halogenated alkanes) is 2. The van der Waals surface area contributed by atoms with Gasteiger partial charge in [-0.1, -0.05) is 6.92 Å². The molecule has 0 aromatic heterocycles. The van der Waals surface area contributed by atoms with E-state index in [1.165, 1.54) is 6.42 Å². The van der Waals surface area contributed by atoms with Gasteiger partial charge in [0.25, 0.3) is 0 Å². The molecule has 0 bridgehead atoms. The maximum Gasteiger partial charge on any atom is 0.0462 e. The highest BCUT2D eigenvalue weighted by molar-refractivity contribution is 4.53. The van der Waals surface area contributed by atoms with Crippen LogP contribution in [-0.4, -0.2) is 13.7 Å². The van der Waals surface area contributed by atoms with E-state index >= 15 is 0 Å². The Kier molecular flexibility index (Phi) is 5.93. The summed E-state index contributed by atoms with van der Waals surface area (Å²) in [5, 5.41) is 0. The predicted molar refractivity (Wildman–Crippen MR) is 31.1 cm³/mol. The summed E-state index contributed by atoms with van der Waals surface area (Å²) >= 11 is 0. The summed E-state index contributed by atoms with van der Waals surface area (Å²) < 4.78 is 4.82. The Labute approximate surface area is 45.7 Å². The Hall–Kier alpha value is -0.0400. The second kappa shape index (κ2) is 5.96. The molecular formula is C6H13O. The van der Waals surface area contributed by atoms with Gasteiger partial charge in [-0.3, -0.25) is 0 Å². The average molecular weight is 101 g/mol. The van der Waals surface area contributed by atoms with E-state index in [0.717, 1.165) is 13.0 Å². The molecular weight excluding hydrogens is 88.1 g/mol. The average Bonchev–Trinajstić information content (AvgIpc) is 1.69. The van der Waals surface area contributed by atoms with Crippen LogP contribution in [0.25, 0.3) is 0 Å². The van der Waals surface area contributed by atoms with Crippen molar-refractivity contribution in [3.05, 3.63) is 6.42 Å². The van der Waals surface area contributed by atoms with Crippen molar-refractivity contribution in [3.63, 3.8) is 0 Å². The zero-order chi connectivity index (χ0) is 5.54. The topological polar surface area (TPSA) is 9.23 Å². The first-order chi connectivity index (χ1) is 3.41. The highest BCUT2D eigenvalue weighted by atomic mass is 16.5. The van der Waals surface area contributed by atoms with Gasteiger partial charge in [0.1, 0.15) is 0 Å². The fourth-order valence-electron chi connectivity index (χ4n) is 0.432. The van der Waals surface area contributed by atoms with E-state index in [0.29, 0.717) is 0 Å². The lowest BCUT2D eigenvalue weighted by Crippen LogP contribution is -1.86. The molecule has 0 N–H and O–H groups in total. The molecule has 0 fully saturated rings. The summed E-state index contributed by atoms with van der Waals surface area (Å²) in [5.74, 6) is 0. The molecule has 0 amide bonds. The Morgan fingerprint density at radius 3 is 2.71 bits per heavy atom. The second-order valence-corrected chi connectivity index (χ2v) is 1.54. The fourth-order valence-corrected chi connectivity index (χ4v) is 0.432. The Balaban J connectivity index is 2.45. The molecule has 0 aliphatic rings. The third kappa shape index (κ3) is 5.96. The fraction of sp³-hybridized carbons (Fsp3) is 0.833. The van der Waals surface area contributed by atoms with Gasteiger partial charge >= 0.3 is 0 Å². The van der Waals surface area contributed by atoms with E-state index in [-0.39, 0.29) is 0 Å². The summed E-state index contributed by atoms with van der Waals surface area (Å²) in [4.78, 5) is 0. The van der Waals surface area contributed by atoms with Crippen molar-refractivity contribution < 1.29 is 4.74 Å². The highest BCUT2D eigenvalue weighted by Crippen LogP contribution is 1.90. The van der Waals surface area contributed by atoms with Crippen LogP contribution in [-0.2, 0) is 4.74 Å². The maximum absolute atomic E-state index is 4.82. The van der Waals surface area contributed by atoms with Crippen LogP contribution in [0.3, 0.4) is 0 Å². The number of methoxy groups -OCH3 is 1.